The van der Waals surface area contributed by atoms with E-state index in [1.54, 1.807) is 0 Å². The molecular formula is C10H10ClNO5. The van der Waals surface area contributed by atoms with E-state index in [9.17, 15) is 14.9 Å². The van der Waals surface area contributed by atoms with Gasteiger partial charge in [-0.3, -0.25) is 14.9 Å². The summed E-state index contributed by atoms with van der Waals surface area (Å²) >= 11 is 5.63. The Hall–Kier alpha value is -1.82. The number of nitro groups is 1. The maximum Gasteiger partial charge on any atom is 0.312 e. The number of hydrogen-bond acceptors (Lipinski definition) is 4. The zero-order valence-electron chi connectivity index (χ0n) is 8.92. The summed E-state index contributed by atoms with van der Waals surface area (Å²) < 4.78 is 5.19. The van der Waals surface area contributed by atoms with Crippen LogP contribution in [0, 0.1) is 10.1 Å². The van der Waals surface area contributed by atoms with Crippen molar-refractivity contribution in [2.45, 2.75) is 19.4 Å². The highest BCUT2D eigenvalue weighted by molar-refractivity contribution is 6.30. The molecule has 0 radical (unpaired) electrons. The molecule has 1 atom stereocenters. The lowest BCUT2D eigenvalue weighted by Gasteiger charge is -2.12. The van der Waals surface area contributed by atoms with Crippen LogP contribution in [-0.4, -0.2) is 22.1 Å². The molecule has 0 fully saturated rings. The molecule has 7 heteroatoms. The molecule has 17 heavy (non-hydrogen) atoms. The number of nitro benzene ring substituents is 1. The molecule has 0 aromatic heterocycles. The second-order valence-corrected chi connectivity index (χ2v) is 3.83. The van der Waals surface area contributed by atoms with E-state index >= 15 is 0 Å². The fourth-order valence-electron chi connectivity index (χ4n) is 1.24. The zero-order valence-corrected chi connectivity index (χ0v) is 9.68. The largest absolute Gasteiger partial charge is 0.483 e. The van der Waals surface area contributed by atoms with Crippen LogP contribution < -0.4 is 4.74 Å². The van der Waals surface area contributed by atoms with Gasteiger partial charge < -0.3 is 9.84 Å². The number of carbonyl (C=O) groups is 1. The molecule has 6 nitrogen and oxygen atoms in total. The van der Waals surface area contributed by atoms with Gasteiger partial charge in [0, 0.05) is 11.1 Å². The Labute approximate surface area is 102 Å². The van der Waals surface area contributed by atoms with Gasteiger partial charge in [-0.25, -0.2) is 0 Å². The van der Waals surface area contributed by atoms with E-state index in [0.717, 1.165) is 6.07 Å². The van der Waals surface area contributed by atoms with Gasteiger partial charge in [-0.05, 0) is 19.1 Å². The normalized spacial score (nSPS) is 11.9. The standard InChI is InChI=1S/C10H10ClNO5/c1-6(4-10(13)14)17-9-3-2-7(11)5-8(9)12(15)16/h2-3,5-6H,4H2,1H3,(H,13,14)/t6-/m1/s1. The van der Waals surface area contributed by atoms with Crippen LogP contribution >= 0.6 is 11.6 Å². The number of carboxylic acid groups (broad SMARTS) is 1. The molecule has 0 saturated heterocycles. The van der Waals surface area contributed by atoms with E-state index in [0.29, 0.717) is 0 Å². The molecule has 1 N–H and O–H groups in total. The van der Waals surface area contributed by atoms with Gasteiger partial charge in [0.25, 0.3) is 0 Å². The summed E-state index contributed by atoms with van der Waals surface area (Å²) in [5.41, 5.74) is -0.283. The third kappa shape index (κ3) is 3.92. The van der Waals surface area contributed by atoms with Gasteiger partial charge in [0.1, 0.15) is 6.10 Å². The summed E-state index contributed by atoms with van der Waals surface area (Å²) in [5.74, 6) is -1.03. The van der Waals surface area contributed by atoms with Crippen LogP contribution in [-0.2, 0) is 4.79 Å². The summed E-state index contributed by atoms with van der Waals surface area (Å²) in [6, 6.07) is 3.95. The number of hydrogen-bond donors (Lipinski definition) is 1. The minimum absolute atomic E-state index is 0.00755. The second kappa shape index (κ2) is 5.49. The predicted molar refractivity (Wildman–Crippen MR) is 60.4 cm³/mol. The smallest absolute Gasteiger partial charge is 0.312 e. The van der Waals surface area contributed by atoms with Crippen LogP contribution in [0.25, 0.3) is 0 Å². The fraction of sp³-hybridized carbons (Fsp3) is 0.300. The molecule has 1 aromatic rings. The van der Waals surface area contributed by atoms with E-state index in [-0.39, 0.29) is 22.9 Å². The number of rotatable bonds is 5. The Kier molecular flexibility index (Phi) is 4.28. The van der Waals surface area contributed by atoms with Gasteiger partial charge in [0.05, 0.1) is 11.3 Å². The van der Waals surface area contributed by atoms with Crippen LogP contribution in [0.15, 0.2) is 18.2 Å². The molecule has 0 saturated carbocycles. The summed E-state index contributed by atoms with van der Waals surface area (Å²) in [7, 11) is 0. The highest BCUT2D eigenvalue weighted by atomic mass is 35.5. The highest BCUT2D eigenvalue weighted by Gasteiger charge is 2.18. The van der Waals surface area contributed by atoms with Gasteiger partial charge in [0.15, 0.2) is 5.75 Å². The molecule has 0 aliphatic rings. The number of benzene rings is 1. The van der Waals surface area contributed by atoms with Crippen molar-refractivity contribution >= 4 is 23.3 Å². The Balaban J connectivity index is 2.90. The molecule has 1 aromatic carbocycles. The highest BCUT2D eigenvalue weighted by Crippen LogP contribution is 2.30. The maximum absolute atomic E-state index is 10.7. The first-order valence-corrected chi connectivity index (χ1v) is 5.10. The van der Waals surface area contributed by atoms with Crippen LogP contribution in [0.5, 0.6) is 5.75 Å². The predicted octanol–water partition coefficient (Wildman–Crippen LogP) is 2.49. The zero-order chi connectivity index (χ0) is 13.0. The molecule has 92 valence electrons. The number of halogens is 1. The van der Waals surface area contributed by atoms with E-state index in [1.165, 1.54) is 19.1 Å². The maximum atomic E-state index is 10.7. The summed E-state index contributed by atoms with van der Waals surface area (Å²) in [4.78, 5) is 20.5. The fourth-order valence-corrected chi connectivity index (χ4v) is 1.40. The van der Waals surface area contributed by atoms with Gasteiger partial charge in [-0.15, -0.1) is 0 Å². The summed E-state index contributed by atoms with van der Waals surface area (Å²) in [6.07, 6.45) is -0.896. The topological polar surface area (TPSA) is 89.7 Å². The molecule has 0 amide bonds. The minimum atomic E-state index is -1.03. The van der Waals surface area contributed by atoms with Gasteiger partial charge >= 0.3 is 11.7 Å². The van der Waals surface area contributed by atoms with Crippen molar-refractivity contribution in [3.8, 4) is 5.75 Å². The van der Waals surface area contributed by atoms with Crippen molar-refractivity contribution in [1.29, 1.82) is 0 Å². The number of aliphatic carboxylic acids is 1. The van der Waals surface area contributed by atoms with Crippen LogP contribution in [0.1, 0.15) is 13.3 Å². The Morgan fingerprint density at radius 3 is 2.82 bits per heavy atom. The van der Waals surface area contributed by atoms with Gasteiger partial charge in [-0.2, -0.15) is 0 Å². The third-order valence-electron chi connectivity index (χ3n) is 1.91. The third-order valence-corrected chi connectivity index (χ3v) is 2.14. The number of ether oxygens (including phenoxy) is 1. The van der Waals surface area contributed by atoms with Gasteiger partial charge in [-0.1, -0.05) is 11.6 Å². The lowest BCUT2D eigenvalue weighted by molar-refractivity contribution is -0.386. The van der Waals surface area contributed by atoms with E-state index in [1.807, 2.05) is 0 Å². The van der Waals surface area contributed by atoms with Crippen LogP contribution in [0.3, 0.4) is 0 Å². The molecule has 1 rings (SSSR count). The molecule has 0 aliphatic carbocycles. The van der Waals surface area contributed by atoms with Crippen molar-refractivity contribution in [3.63, 3.8) is 0 Å². The SMILES string of the molecule is C[C@H](CC(=O)O)Oc1ccc(Cl)cc1[N+](=O)[O-]. The average molecular weight is 260 g/mol. The first-order valence-electron chi connectivity index (χ1n) is 4.72. The van der Waals surface area contributed by atoms with E-state index in [4.69, 9.17) is 21.4 Å². The second-order valence-electron chi connectivity index (χ2n) is 3.40. The quantitative estimate of drug-likeness (QED) is 0.648. The van der Waals surface area contributed by atoms with Gasteiger partial charge in [0.2, 0.25) is 0 Å². The number of nitrogens with zero attached hydrogens (tertiary/aromatic N) is 1. The first-order chi connectivity index (χ1) is 7.90. The lowest BCUT2D eigenvalue weighted by Crippen LogP contribution is -2.17. The molecule has 0 bridgehead atoms. The van der Waals surface area contributed by atoms with E-state index in [2.05, 4.69) is 0 Å². The molecular weight excluding hydrogens is 250 g/mol. The van der Waals surface area contributed by atoms with Crippen molar-refractivity contribution < 1.29 is 19.6 Å². The van der Waals surface area contributed by atoms with Crippen molar-refractivity contribution in [2.75, 3.05) is 0 Å². The Morgan fingerprint density at radius 2 is 2.29 bits per heavy atom. The van der Waals surface area contributed by atoms with E-state index < -0.39 is 17.0 Å². The molecule has 0 heterocycles. The van der Waals surface area contributed by atoms with Crippen molar-refractivity contribution in [3.05, 3.63) is 33.3 Å². The Morgan fingerprint density at radius 1 is 1.65 bits per heavy atom. The van der Waals surface area contributed by atoms with Crippen molar-refractivity contribution in [1.82, 2.24) is 0 Å². The minimum Gasteiger partial charge on any atom is -0.483 e. The van der Waals surface area contributed by atoms with Crippen LogP contribution in [0.4, 0.5) is 5.69 Å². The Bertz CT molecular complexity index is 448. The molecule has 0 unspecified atom stereocenters. The van der Waals surface area contributed by atoms with Crippen LogP contribution in [0.2, 0.25) is 5.02 Å². The monoisotopic (exact) mass is 259 g/mol. The molecule has 0 spiro atoms. The lowest BCUT2D eigenvalue weighted by atomic mass is 10.2. The molecule has 0 aliphatic heterocycles. The number of carboxylic acids is 1. The van der Waals surface area contributed by atoms with Crippen molar-refractivity contribution in [2.24, 2.45) is 0 Å². The first kappa shape index (κ1) is 13.2. The summed E-state index contributed by atoms with van der Waals surface area (Å²) in [5, 5.41) is 19.5. The summed E-state index contributed by atoms with van der Waals surface area (Å²) in [6.45, 7) is 1.52. The average Bonchev–Trinajstić information content (AvgIpc) is 2.19.